The molecule has 0 aliphatic rings. The Labute approximate surface area is 149 Å². The number of anilines is 1. The lowest BCUT2D eigenvalue weighted by atomic mass is 9.98. The van der Waals surface area contributed by atoms with E-state index in [9.17, 15) is 4.79 Å². The number of nitrogens with zero attached hydrogens (tertiary/aromatic N) is 2. The zero-order valence-corrected chi connectivity index (χ0v) is 15.1. The van der Waals surface area contributed by atoms with Gasteiger partial charge in [0.15, 0.2) is 5.13 Å². The third kappa shape index (κ3) is 3.32. The smallest absolute Gasteiger partial charge is 0.259 e. The molecule has 1 amide bonds. The fourth-order valence-electron chi connectivity index (χ4n) is 2.75. The summed E-state index contributed by atoms with van der Waals surface area (Å²) < 4.78 is 0. The van der Waals surface area contributed by atoms with E-state index in [2.05, 4.69) is 48.2 Å². The number of amides is 1. The van der Waals surface area contributed by atoms with E-state index in [4.69, 9.17) is 11.6 Å². The van der Waals surface area contributed by atoms with Crippen molar-refractivity contribution in [1.29, 1.82) is 0 Å². The summed E-state index contributed by atoms with van der Waals surface area (Å²) in [7, 11) is 0. The Balaban J connectivity index is 1.87. The molecule has 0 spiro atoms. The number of carbonyl (C=O) groups is 1. The molecule has 24 heavy (non-hydrogen) atoms. The highest BCUT2D eigenvalue weighted by Gasteiger charge is 2.14. The third-order valence-corrected chi connectivity index (χ3v) is 4.73. The normalized spacial score (nSPS) is 10.7. The molecule has 1 N–H and O–H groups in total. The molecule has 3 aromatic rings. The molecule has 0 aliphatic carbocycles. The van der Waals surface area contributed by atoms with Crippen LogP contribution in [0.5, 0.6) is 0 Å². The van der Waals surface area contributed by atoms with Crippen LogP contribution in [0.1, 0.15) is 27.0 Å². The fraction of sp³-hybridized carbons (Fsp3) is 0.167. The van der Waals surface area contributed by atoms with E-state index < -0.39 is 0 Å². The zero-order valence-electron chi connectivity index (χ0n) is 13.6. The van der Waals surface area contributed by atoms with Gasteiger partial charge in [0.2, 0.25) is 0 Å². The first-order valence-electron chi connectivity index (χ1n) is 7.40. The minimum absolute atomic E-state index is 0.291. The van der Waals surface area contributed by atoms with Crippen molar-refractivity contribution in [3.63, 3.8) is 0 Å². The lowest BCUT2D eigenvalue weighted by Gasteiger charge is -2.08. The van der Waals surface area contributed by atoms with E-state index in [-0.39, 0.29) is 5.91 Å². The van der Waals surface area contributed by atoms with Gasteiger partial charge in [0.05, 0.1) is 16.3 Å². The minimum atomic E-state index is -0.291. The molecule has 2 heterocycles. The fourth-order valence-corrected chi connectivity index (χ4v) is 3.66. The first-order chi connectivity index (χ1) is 11.5. The van der Waals surface area contributed by atoms with Gasteiger partial charge in [0.1, 0.15) is 0 Å². The number of aromatic nitrogens is 2. The van der Waals surface area contributed by atoms with Gasteiger partial charge in [0.25, 0.3) is 5.91 Å². The molecular formula is C18H16ClN3OS. The second-order valence-electron chi connectivity index (χ2n) is 5.62. The van der Waals surface area contributed by atoms with Crippen molar-refractivity contribution >= 4 is 34.0 Å². The number of benzene rings is 1. The van der Waals surface area contributed by atoms with Gasteiger partial charge < -0.3 is 0 Å². The minimum Gasteiger partial charge on any atom is -0.298 e. The molecule has 6 heteroatoms. The standard InChI is InChI=1S/C18H16ClN3OS/c1-10-6-11(2)16(12(3)7-10)15-9-24-18(21-15)22-17(23)13-4-5-20-8-14(13)19/h4-9H,1-3H3,(H,21,22,23). The number of thiazole rings is 1. The van der Waals surface area contributed by atoms with E-state index in [1.807, 2.05) is 5.38 Å². The summed E-state index contributed by atoms with van der Waals surface area (Å²) in [6, 6.07) is 5.85. The molecule has 122 valence electrons. The number of carbonyl (C=O) groups excluding carboxylic acids is 1. The summed E-state index contributed by atoms with van der Waals surface area (Å²) in [4.78, 5) is 20.7. The van der Waals surface area contributed by atoms with Gasteiger partial charge in [-0.25, -0.2) is 4.98 Å². The second kappa shape index (κ2) is 6.71. The molecule has 0 aliphatic heterocycles. The van der Waals surface area contributed by atoms with Crippen LogP contribution in [0.4, 0.5) is 5.13 Å². The maximum Gasteiger partial charge on any atom is 0.259 e. The number of aryl methyl sites for hydroxylation is 3. The number of hydrogen-bond acceptors (Lipinski definition) is 4. The van der Waals surface area contributed by atoms with Crippen LogP contribution in [0.3, 0.4) is 0 Å². The van der Waals surface area contributed by atoms with E-state index in [1.54, 1.807) is 6.07 Å². The average molecular weight is 358 g/mol. The maximum atomic E-state index is 12.3. The van der Waals surface area contributed by atoms with Crippen LogP contribution in [-0.2, 0) is 0 Å². The summed E-state index contributed by atoms with van der Waals surface area (Å²) in [5.41, 5.74) is 5.93. The van der Waals surface area contributed by atoms with Crippen LogP contribution in [0.25, 0.3) is 11.3 Å². The van der Waals surface area contributed by atoms with E-state index in [0.717, 1.165) is 11.3 Å². The molecule has 0 bridgehead atoms. The molecule has 0 fully saturated rings. The predicted octanol–water partition coefficient (Wildman–Crippen LogP) is 5.04. The highest BCUT2D eigenvalue weighted by Crippen LogP contribution is 2.31. The van der Waals surface area contributed by atoms with E-state index in [1.165, 1.54) is 40.4 Å². The lowest BCUT2D eigenvalue weighted by molar-refractivity contribution is 0.102. The summed E-state index contributed by atoms with van der Waals surface area (Å²) in [6.45, 7) is 6.22. The monoisotopic (exact) mass is 357 g/mol. The van der Waals surface area contributed by atoms with Crippen molar-refractivity contribution in [2.45, 2.75) is 20.8 Å². The molecule has 4 nitrogen and oxygen atoms in total. The Morgan fingerprint density at radius 2 is 1.92 bits per heavy atom. The Kier molecular flexibility index (Phi) is 4.64. The lowest BCUT2D eigenvalue weighted by Crippen LogP contribution is -2.12. The van der Waals surface area contributed by atoms with Crippen LogP contribution in [-0.4, -0.2) is 15.9 Å². The maximum absolute atomic E-state index is 12.3. The molecule has 0 saturated carbocycles. The van der Waals surface area contributed by atoms with E-state index >= 15 is 0 Å². The quantitative estimate of drug-likeness (QED) is 0.714. The van der Waals surface area contributed by atoms with Gasteiger partial charge in [-0.1, -0.05) is 29.3 Å². The van der Waals surface area contributed by atoms with Crippen molar-refractivity contribution in [2.75, 3.05) is 5.32 Å². The highest BCUT2D eigenvalue weighted by molar-refractivity contribution is 7.14. The number of pyridine rings is 1. The first-order valence-corrected chi connectivity index (χ1v) is 8.66. The Morgan fingerprint density at radius 3 is 2.58 bits per heavy atom. The highest BCUT2D eigenvalue weighted by atomic mass is 35.5. The third-order valence-electron chi connectivity index (χ3n) is 3.67. The Morgan fingerprint density at radius 1 is 1.21 bits per heavy atom. The van der Waals surface area contributed by atoms with Gasteiger partial charge in [-0.2, -0.15) is 0 Å². The van der Waals surface area contributed by atoms with Gasteiger partial charge in [-0.3, -0.25) is 15.1 Å². The average Bonchev–Trinajstić information content (AvgIpc) is 2.94. The van der Waals surface area contributed by atoms with Crippen molar-refractivity contribution in [3.8, 4) is 11.3 Å². The van der Waals surface area contributed by atoms with Crippen LogP contribution >= 0.6 is 22.9 Å². The summed E-state index contributed by atoms with van der Waals surface area (Å²) >= 11 is 7.40. The van der Waals surface area contributed by atoms with Crippen LogP contribution in [0.15, 0.2) is 36.0 Å². The molecule has 0 atom stereocenters. The molecule has 1 aromatic carbocycles. The van der Waals surface area contributed by atoms with Crippen molar-refractivity contribution in [2.24, 2.45) is 0 Å². The second-order valence-corrected chi connectivity index (χ2v) is 6.89. The summed E-state index contributed by atoms with van der Waals surface area (Å²) in [5.74, 6) is -0.291. The van der Waals surface area contributed by atoms with Crippen molar-refractivity contribution < 1.29 is 4.79 Å². The summed E-state index contributed by atoms with van der Waals surface area (Å²) in [6.07, 6.45) is 2.98. The Bertz CT molecular complexity index is 897. The number of halogens is 1. The number of rotatable bonds is 3. The molecule has 3 rings (SSSR count). The van der Waals surface area contributed by atoms with Gasteiger partial charge in [-0.05, 0) is 38.0 Å². The first kappa shape index (κ1) is 16.6. The molecule has 0 radical (unpaired) electrons. The van der Waals surface area contributed by atoms with E-state index in [0.29, 0.717) is 15.7 Å². The summed E-state index contributed by atoms with van der Waals surface area (Å²) in [5, 5.41) is 5.61. The molecule has 2 aromatic heterocycles. The molecule has 0 unspecified atom stereocenters. The SMILES string of the molecule is Cc1cc(C)c(-c2csc(NC(=O)c3ccncc3Cl)n2)c(C)c1. The topological polar surface area (TPSA) is 54.9 Å². The van der Waals surface area contributed by atoms with Gasteiger partial charge >= 0.3 is 0 Å². The van der Waals surface area contributed by atoms with Gasteiger partial charge in [-0.15, -0.1) is 11.3 Å². The molecular weight excluding hydrogens is 342 g/mol. The van der Waals surface area contributed by atoms with Crippen molar-refractivity contribution in [1.82, 2.24) is 9.97 Å². The number of hydrogen-bond donors (Lipinski definition) is 1. The largest absolute Gasteiger partial charge is 0.298 e. The van der Waals surface area contributed by atoms with Crippen LogP contribution < -0.4 is 5.32 Å². The van der Waals surface area contributed by atoms with Crippen LogP contribution in [0.2, 0.25) is 5.02 Å². The van der Waals surface area contributed by atoms with Gasteiger partial charge in [0, 0.05) is 23.3 Å². The Hall–Kier alpha value is -2.24. The predicted molar refractivity (Wildman–Crippen MR) is 99.0 cm³/mol. The van der Waals surface area contributed by atoms with Crippen molar-refractivity contribution in [3.05, 3.63) is 63.2 Å². The zero-order chi connectivity index (χ0) is 17.3. The van der Waals surface area contributed by atoms with Crippen LogP contribution in [0, 0.1) is 20.8 Å². The molecule has 0 saturated heterocycles. The number of nitrogens with one attached hydrogen (secondary N) is 1.